The predicted octanol–water partition coefficient (Wildman–Crippen LogP) is 6.20. The minimum atomic E-state index is -0.136. The molecule has 39 heavy (non-hydrogen) atoms. The third-order valence-electron chi connectivity index (χ3n) is 7.56. The fourth-order valence-corrected chi connectivity index (χ4v) is 6.40. The molecule has 200 valence electrons. The third-order valence-corrected chi connectivity index (χ3v) is 7.56. The molecule has 1 fully saturated rings. The standard InChI is InChI=1S/C32H35N5O2/c1-31(2)17-21(18-32(3,4)37-31)33-20-11-13-24-23(15-20)28(30(38)36-24)27(19-9-7-6-8-10-19)29-34-25-14-12-22(39-5)16-26(25)35-29/h6-16,21,33,37H,17-18H2,1-5H3,(H,34,35)(H,36,38). The van der Waals surface area contributed by atoms with E-state index in [1.165, 1.54) is 0 Å². The van der Waals surface area contributed by atoms with Gasteiger partial charge in [0.1, 0.15) is 11.6 Å². The number of anilines is 2. The summed E-state index contributed by atoms with van der Waals surface area (Å²) in [6, 6.07) is 22.2. The number of imidazole rings is 1. The topological polar surface area (TPSA) is 91.1 Å². The van der Waals surface area contributed by atoms with Gasteiger partial charge in [-0.1, -0.05) is 30.3 Å². The second-order valence-corrected chi connectivity index (χ2v) is 11.9. The van der Waals surface area contributed by atoms with E-state index < -0.39 is 0 Å². The lowest BCUT2D eigenvalue weighted by molar-refractivity contribution is -0.110. The first kappa shape index (κ1) is 25.2. The number of nitrogens with zero attached hydrogens (tertiary/aromatic N) is 1. The molecule has 0 bridgehead atoms. The van der Waals surface area contributed by atoms with Crippen LogP contribution >= 0.6 is 0 Å². The number of rotatable bonds is 5. The van der Waals surface area contributed by atoms with Crippen LogP contribution in [0.3, 0.4) is 0 Å². The summed E-state index contributed by atoms with van der Waals surface area (Å²) in [6.45, 7) is 9.01. The van der Waals surface area contributed by atoms with Crippen molar-refractivity contribution < 1.29 is 9.53 Å². The van der Waals surface area contributed by atoms with Crippen molar-refractivity contribution in [2.24, 2.45) is 0 Å². The van der Waals surface area contributed by atoms with E-state index in [2.05, 4.69) is 60.8 Å². The maximum absolute atomic E-state index is 13.5. The second kappa shape index (κ2) is 9.27. The van der Waals surface area contributed by atoms with Gasteiger partial charge in [0.15, 0.2) is 0 Å². The summed E-state index contributed by atoms with van der Waals surface area (Å²) in [4.78, 5) is 21.9. The van der Waals surface area contributed by atoms with E-state index in [4.69, 9.17) is 9.72 Å². The predicted molar refractivity (Wildman–Crippen MR) is 158 cm³/mol. The average molecular weight is 522 g/mol. The summed E-state index contributed by atoms with van der Waals surface area (Å²) in [7, 11) is 1.64. The molecule has 6 rings (SSSR count). The first-order valence-corrected chi connectivity index (χ1v) is 13.5. The van der Waals surface area contributed by atoms with Crippen LogP contribution in [0, 0.1) is 0 Å². The number of hydrogen-bond acceptors (Lipinski definition) is 5. The fraction of sp³-hybridized carbons (Fsp3) is 0.312. The molecule has 3 heterocycles. The Morgan fingerprint density at radius 3 is 2.44 bits per heavy atom. The van der Waals surface area contributed by atoms with E-state index in [0.717, 1.165) is 57.7 Å². The van der Waals surface area contributed by atoms with Gasteiger partial charge in [-0.05, 0) is 76.4 Å². The molecule has 7 nitrogen and oxygen atoms in total. The molecule has 2 aliphatic heterocycles. The lowest BCUT2D eigenvalue weighted by Crippen LogP contribution is -2.60. The number of fused-ring (bicyclic) bond motifs is 2. The number of amides is 1. The Bertz CT molecular complexity index is 1580. The molecule has 0 unspecified atom stereocenters. The number of carbonyl (C=O) groups excluding carboxylic acids is 1. The highest BCUT2D eigenvalue weighted by Gasteiger charge is 2.38. The number of nitrogens with one attached hydrogen (secondary N) is 4. The van der Waals surface area contributed by atoms with Crippen LogP contribution in [0.2, 0.25) is 0 Å². The van der Waals surface area contributed by atoms with Crippen molar-refractivity contribution in [2.45, 2.75) is 57.7 Å². The number of carbonyl (C=O) groups is 1. The summed E-state index contributed by atoms with van der Waals surface area (Å²) in [6.07, 6.45) is 2.01. The highest BCUT2D eigenvalue weighted by Crippen LogP contribution is 2.41. The fourth-order valence-electron chi connectivity index (χ4n) is 6.40. The minimum Gasteiger partial charge on any atom is -0.497 e. The molecule has 0 spiro atoms. The van der Waals surface area contributed by atoms with Gasteiger partial charge in [0.25, 0.3) is 5.91 Å². The average Bonchev–Trinajstić information content (AvgIpc) is 3.43. The van der Waals surface area contributed by atoms with Crippen LogP contribution in [0.5, 0.6) is 5.75 Å². The SMILES string of the molecule is COc1ccc2[nH]c(C(=C3C(=O)Nc4ccc(NC5CC(C)(C)NC(C)(C)C5)cc43)c3ccccc3)nc2c1. The Morgan fingerprint density at radius 1 is 0.974 bits per heavy atom. The monoisotopic (exact) mass is 521 g/mol. The van der Waals surface area contributed by atoms with Gasteiger partial charge in [-0.2, -0.15) is 0 Å². The Morgan fingerprint density at radius 2 is 1.72 bits per heavy atom. The maximum Gasteiger partial charge on any atom is 0.257 e. The van der Waals surface area contributed by atoms with Gasteiger partial charge in [0, 0.05) is 45.7 Å². The van der Waals surface area contributed by atoms with Crippen LogP contribution < -0.4 is 20.7 Å². The Balaban J connectivity index is 1.46. The van der Waals surface area contributed by atoms with Gasteiger partial charge < -0.3 is 25.7 Å². The molecule has 0 aliphatic carbocycles. The molecule has 3 aromatic carbocycles. The number of methoxy groups -OCH3 is 1. The van der Waals surface area contributed by atoms with E-state index in [0.29, 0.717) is 17.4 Å². The van der Waals surface area contributed by atoms with E-state index in [1.807, 2.05) is 54.6 Å². The molecule has 1 saturated heterocycles. The number of hydrogen-bond donors (Lipinski definition) is 4. The van der Waals surface area contributed by atoms with Crippen molar-refractivity contribution >= 4 is 39.5 Å². The molecular formula is C32H35N5O2. The van der Waals surface area contributed by atoms with Crippen LogP contribution in [0.25, 0.3) is 22.2 Å². The summed E-state index contributed by atoms with van der Waals surface area (Å²) in [5.41, 5.74) is 6.69. The zero-order chi connectivity index (χ0) is 27.4. The van der Waals surface area contributed by atoms with E-state index in [-0.39, 0.29) is 17.0 Å². The number of piperidine rings is 1. The molecule has 1 amide bonds. The van der Waals surface area contributed by atoms with E-state index in [9.17, 15) is 4.79 Å². The molecule has 4 N–H and O–H groups in total. The largest absolute Gasteiger partial charge is 0.497 e. The van der Waals surface area contributed by atoms with Crippen molar-refractivity contribution in [2.75, 3.05) is 17.7 Å². The van der Waals surface area contributed by atoms with Crippen molar-refractivity contribution in [3.63, 3.8) is 0 Å². The lowest BCUT2D eigenvalue weighted by atomic mass is 9.79. The van der Waals surface area contributed by atoms with Crippen LogP contribution in [0.1, 0.15) is 57.5 Å². The first-order chi connectivity index (χ1) is 18.6. The molecule has 1 aromatic heterocycles. The number of benzene rings is 3. The molecule has 0 saturated carbocycles. The van der Waals surface area contributed by atoms with E-state index >= 15 is 0 Å². The van der Waals surface area contributed by atoms with Gasteiger partial charge in [0.2, 0.25) is 0 Å². The van der Waals surface area contributed by atoms with E-state index in [1.54, 1.807) is 7.11 Å². The molecule has 7 heteroatoms. The smallest absolute Gasteiger partial charge is 0.257 e. The van der Waals surface area contributed by atoms with Gasteiger partial charge in [-0.25, -0.2) is 4.98 Å². The van der Waals surface area contributed by atoms with Crippen LogP contribution in [-0.4, -0.2) is 40.1 Å². The number of ether oxygens (including phenoxy) is 1. The Kier molecular flexibility index (Phi) is 5.99. The minimum absolute atomic E-state index is 0.0309. The molecule has 0 radical (unpaired) electrons. The third kappa shape index (κ3) is 4.90. The van der Waals surface area contributed by atoms with Gasteiger partial charge in [0.05, 0.1) is 23.7 Å². The number of aromatic nitrogens is 2. The first-order valence-electron chi connectivity index (χ1n) is 13.5. The summed E-state index contributed by atoms with van der Waals surface area (Å²) >= 11 is 0. The normalized spacial score (nSPS) is 19.5. The van der Waals surface area contributed by atoms with Gasteiger partial charge in [-0.15, -0.1) is 0 Å². The van der Waals surface area contributed by atoms with Crippen molar-refractivity contribution in [3.8, 4) is 5.75 Å². The quantitative estimate of drug-likeness (QED) is 0.235. The maximum atomic E-state index is 13.5. The zero-order valence-corrected chi connectivity index (χ0v) is 23.1. The molecular weight excluding hydrogens is 486 g/mol. The van der Waals surface area contributed by atoms with Crippen molar-refractivity contribution in [1.29, 1.82) is 0 Å². The Hall–Kier alpha value is -4.10. The molecule has 2 aliphatic rings. The van der Waals surface area contributed by atoms with Crippen LogP contribution in [0.4, 0.5) is 11.4 Å². The van der Waals surface area contributed by atoms with Gasteiger partial charge >= 0.3 is 0 Å². The van der Waals surface area contributed by atoms with Crippen LogP contribution in [-0.2, 0) is 4.79 Å². The molecule has 0 atom stereocenters. The van der Waals surface area contributed by atoms with Gasteiger partial charge in [-0.3, -0.25) is 4.79 Å². The summed E-state index contributed by atoms with van der Waals surface area (Å²) in [5, 5.41) is 10.6. The number of H-pyrrole nitrogens is 1. The molecule has 4 aromatic rings. The second-order valence-electron chi connectivity index (χ2n) is 11.9. The van der Waals surface area contributed by atoms with Crippen molar-refractivity contribution in [1.82, 2.24) is 15.3 Å². The summed E-state index contributed by atoms with van der Waals surface area (Å²) < 4.78 is 5.40. The highest BCUT2D eigenvalue weighted by molar-refractivity contribution is 6.38. The van der Waals surface area contributed by atoms with Crippen LogP contribution in [0.15, 0.2) is 66.7 Å². The Labute approximate surface area is 229 Å². The van der Waals surface area contributed by atoms with Crippen molar-refractivity contribution in [3.05, 3.63) is 83.7 Å². The lowest BCUT2D eigenvalue weighted by Gasteiger charge is -2.47. The highest BCUT2D eigenvalue weighted by atomic mass is 16.5. The zero-order valence-electron chi connectivity index (χ0n) is 23.1. The summed E-state index contributed by atoms with van der Waals surface area (Å²) in [5.74, 6) is 1.24. The number of aromatic amines is 1.